The van der Waals surface area contributed by atoms with Gasteiger partial charge in [0.05, 0.1) is 25.1 Å². The van der Waals surface area contributed by atoms with Gasteiger partial charge in [0.1, 0.15) is 11.5 Å². The first kappa shape index (κ1) is 20.7. The lowest BCUT2D eigenvalue weighted by atomic mass is 10.1. The largest absolute Gasteiger partial charge is 0.468 e. The molecule has 0 bridgehead atoms. The lowest BCUT2D eigenvalue weighted by molar-refractivity contribution is -0.139. The summed E-state index contributed by atoms with van der Waals surface area (Å²) in [4.78, 5) is 29.0. The van der Waals surface area contributed by atoms with Gasteiger partial charge in [0.25, 0.3) is 0 Å². The molecule has 2 amide bonds. The van der Waals surface area contributed by atoms with E-state index in [1.54, 1.807) is 18.4 Å². The molecule has 0 radical (unpaired) electrons. The molecular formula is C23H26N4O4. The number of hydrogen-bond acceptors (Lipinski definition) is 6. The number of benzene rings is 1. The van der Waals surface area contributed by atoms with Gasteiger partial charge in [-0.25, -0.2) is 0 Å². The summed E-state index contributed by atoms with van der Waals surface area (Å²) in [6.45, 7) is 3.84. The molecule has 162 valence electrons. The number of rotatable bonds is 7. The van der Waals surface area contributed by atoms with Crippen LogP contribution in [0, 0.1) is 0 Å². The van der Waals surface area contributed by atoms with Crippen LogP contribution in [-0.2, 0) is 16.1 Å². The van der Waals surface area contributed by atoms with E-state index in [0.717, 1.165) is 31.9 Å². The van der Waals surface area contributed by atoms with Crippen molar-refractivity contribution >= 4 is 17.5 Å². The third kappa shape index (κ3) is 5.35. The summed E-state index contributed by atoms with van der Waals surface area (Å²) in [6, 6.07) is 17.4. The van der Waals surface area contributed by atoms with Crippen LogP contribution in [-0.4, -0.2) is 49.4 Å². The Labute approximate surface area is 180 Å². The Balaban J connectivity index is 1.32. The molecule has 31 heavy (non-hydrogen) atoms. The van der Waals surface area contributed by atoms with E-state index in [-0.39, 0.29) is 19.1 Å². The second kappa shape index (κ2) is 9.99. The van der Waals surface area contributed by atoms with Crippen LogP contribution in [0.25, 0.3) is 0 Å². The van der Waals surface area contributed by atoms with Gasteiger partial charge < -0.3 is 24.4 Å². The second-order valence-electron chi connectivity index (χ2n) is 7.36. The van der Waals surface area contributed by atoms with Crippen molar-refractivity contribution in [2.45, 2.75) is 12.6 Å². The van der Waals surface area contributed by atoms with Gasteiger partial charge in [-0.3, -0.25) is 14.5 Å². The normalized spacial score (nSPS) is 15.4. The Morgan fingerprint density at radius 2 is 1.55 bits per heavy atom. The lowest BCUT2D eigenvalue weighted by Crippen LogP contribution is -2.50. The summed E-state index contributed by atoms with van der Waals surface area (Å²) < 4.78 is 10.8. The number of carbonyl (C=O) groups is 2. The van der Waals surface area contributed by atoms with Crippen LogP contribution in [0.4, 0.5) is 5.69 Å². The number of furan rings is 2. The van der Waals surface area contributed by atoms with Crippen LogP contribution >= 0.6 is 0 Å². The average Bonchev–Trinajstić information content (AvgIpc) is 3.53. The van der Waals surface area contributed by atoms with Crippen LogP contribution in [0.15, 0.2) is 76.0 Å². The van der Waals surface area contributed by atoms with E-state index in [1.807, 2.05) is 30.3 Å². The minimum Gasteiger partial charge on any atom is -0.468 e. The molecule has 1 fully saturated rings. The molecular weight excluding hydrogens is 396 g/mol. The van der Waals surface area contributed by atoms with Crippen LogP contribution in [0.1, 0.15) is 17.6 Å². The fraction of sp³-hybridized carbons (Fsp3) is 0.304. The van der Waals surface area contributed by atoms with Gasteiger partial charge in [-0.2, -0.15) is 0 Å². The van der Waals surface area contributed by atoms with Crippen LogP contribution in [0.3, 0.4) is 0 Å². The maximum Gasteiger partial charge on any atom is 0.309 e. The first-order valence-electron chi connectivity index (χ1n) is 10.4. The van der Waals surface area contributed by atoms with Crippen molar-refractivity contribution < 1.29 is 18.4 Å². The molecule has 3 aromatic rings. The highest BCUT2D eigenvalue weighted by Crippen LogP contribution is 2.24. The fourth-order valence-electron chi connectivity index (χ4n) is 3.75. The van der Waals surface area contributed by atoms with Crippen molar-refractivity contribution in [3.63, 3.8) is 0 Å². The molecule has 1 unspecified atom stereocenters. The maximum atomic E-state index is 12.3. The molecule has 1 saturated heterocycles. The summed E-state index contributed by atoms with van der Waals surface area (Å²) in [6.07, 6.45) is 3.15. The Hall–Kier alpha value is -3.52. The number of nitrogens with one attached hydrogen (secondary N) is 2. The summed E-state index contributed by atoms with van der Waals surface area (Å²) >= 11 is 0. The number of carbonyl (C=O) groups excluding carboxylic acids is 2. The molecule has 2 aromatic heterocycles. The average molecular weight is 422 g/mol. The van der Waals surface area contributed by atoms with Gasteiger partial charge in [0, 0.05) is 38.4 Å². The van der Waals surface area contributed by atoms with Gasteiger partial charge in [-0.05, 0) is 36.4 Å². The standard InChI is InChI=1S/C23H26N4O4/c28-22(24-16-19-8-4-14-30-19)23(29)25-17-20(21-9-5-15-31-21)27-12-10-26(11-13-27)18-6-2-1-3-7-18/h1-9,14-15,20H,10-13,16-17H2,(H,24,28)(H,25,29). The maximum absolute atomic E-state index is 12.3. The monoisotopic (exact) mass is 422 g/mol. The number of nitrogens with zero attached hydrogens (tertiary/aromatic N) is 2. The summed E-state index contributed by atoms with van der Waals surface area (Å²) in [5, 5.41) is 5.30. The number of amides is 2. The highest BCUT2D eigenvalue weighted by Gasteiger charge is 2.28. The Bertz CT molecular complexity index is 949. The van der Waals surface area contributed by atoms with E-state index in [2.05, 4.69) is 32.6 Å². The zero-order chi connectivity index (χ0) is 21.5. The van der Waals surface area contributed by atoms with E-state index in [4.69, 9.17) is 8.83 Å². The predicted molar refractivity (Wildman–Crippen MR) is 115 cm³/mol. The van der Waals surface area contributed by atoms with E-state index < -0.39 is 11.8 Å². The molecule has 8 heteroatoms. The van der Waals surface area contributed by atoms with Gasteiger partial charge in [-0.15, -0.1) is 0 Å². The molecule has 8 nitrogen and oxygen atoms in total. The quantitative estimate of drug-likeness (QED) is 0.567. The van der Waals surface area contributed by atoms with Crippen molar-refractivity contribution in [1.82, 2.24) is 15.5 Å². The molecule has 0 aliphatic carbocycles. The van der Waals surface area contributed by atoms with Crippen molar-refractivity contribution in [1.29, 1.82) is 0 Å². The van der Waals surface area contributed by atoms with Crippen molar-refractivity contribution in [2.24, 2.45) is 0 Å². The SMILES string of the molecule is O=C(NCc1ccco1)C(=O)NCC(c1ccco1)N1CCN(c2ccccc2)CC1. The molecule has 1 aliphatic heterocycles. The van der Waals surface area contributed by atoms with E-state index in [9.17, 15) is 9.59 Å². The molecule has 2 N–H and O–H groups in total. The molecule has 1 atom stereocenters. The van der Waals surface area contributed by atoms with Crippen LogP contribution in [0.2, 0.25) is 0 Å². The minimum absolute atomic E-state index is 0.144. The fourth-order valence-corrected chi connectivity index (χ4v) is 3.75. The van der Waals surface area contributed by atoms with Gasteiger partial charge in [0.2, 0.25) is 0 Å². The molecule has 0 spiro atoms. The number of anilines is 1. The first-order valence-corrected chi connectivity index (χ1v) is 10.4. The third-order valence-electron chi connectivity index (χ3n) is 5.41. The summed E-state index contributed by atoms with van der Waals surface area (Å²) in [5.41, 5.74) is 1.21. The Morgan fingerprint density at radius 1 is 0.839 bits per heavy atom. The number of piperazine rings is 1. The van der Waals surface area contributed by atoms with Gasteiger partial charge >= 0.3 is 11.8 Å². The zero-order valence-corrected chi connectivity index (χ0v) is 17.2. The highest BCUT2D eigenvalue weighted by molar-refractivity contribution is 6.35. The number of para-hydroxylation sites is 1. The van der Waals surface area contributed by atoms with Crippen molar-refractivity contribution in [2.75, 3.05) is 37.6 Å². The molecule has 1 aliphatic rings. The zero-order valence-electron chi connectivity index (χ0n) is 17.2. The van der Waals surface area contributed by atoms with Gasteiger partial charge in [-0.1, -0.05) is 18.2 Å². The lowest BCUT2D eigenvalue weighted by Gasteiger charge is -2.39. The Kier molecular flexibility index (Phi) is 6.68. The summed E-state index contributed by atoms with van der Waals surface area (Å²) in [7, 11) is 0. The smallest absolute Gasteiger partial charge is 0.309 e. The highest BCUT2D eigenvalue weighted by atomic mass is 16.3. The molecule has 4 rings (SSSR count). The molecule has 3 heterocycles. The van der Waals surface area contributed by atoms with Crippen LogP contribution < -0.4 is 15.5 Å². The molecule has 0 saturated carbocycles. The predicted octanol–water partition coefficient (Wildman–Crippen LogP) is 2.17. The molecule has 1 aromatic carbocycles. The van der Waals surface area contributed by atoms with Crippen LogP contribution in [0.5, 0.6) is 0 Å². The van der Waals surface area contributed by atoms with E-state index in [1.165, 1.54) is 12.0 Å². The first-order chi connectivity index (χ1) is 15.2. The topological polar surface area (TPSA) is 91.0 Å². The number of hydrogen-bond donors (Lipinski definition) is 2. The Morgan fingerprint density at radius 3 is 2.23 bits per heavy atom. The van der Waals surface area contributed by atoms with E-state index in [0.29, 0.717) is 5.76 Å². The van der Waals surface area contributed by atoms with Crippen molar-refractivity contribution in [3.8, 4) is 0 Å². The van der Waals surface area contributed by atoms with Crippen molar-refractivity contribution in [3.05, 3.63) is 78.6 Å². The van der Waals surface area contributed by atoms with Gasteiger partial charge in [0.15, 0.2) is 0 Å². The summed E-state index contributed by atoms with van der Waals surface area (Å²) in [5.74, 6) is -0.00937. The second-order valence-corrected chi connectivity index (χ2v) is 7.36. The third-order valence-corrected chi connectivity index (χ3v) is 5.41. The van der Waals surface area contributed by atoms with E-state index >= 15 is 0 Å². The minimum atomic E-state index is -0.691.